The molecule has 1 amide bonds. The molecule has 4 N–H and O–H groups in total. The average Bonchev–Trinajstić information content (AvgIpc) is 2.58. The molecule has 1 saturated heterocycles. The number of anilines is 1. The number of guanidine groups is 1. The number of aryl methyl sites for hydroxylation is 2. The first kappa shape index (κ1) is 19.4. The Kier molecular flexibility index (Phi) is 5.62. The smallest absolute Gasteiger partial charge is 0.437 e. The van der Waals surface area contributed by atoms with Gasteiger partial charge in [-0.3, -0.25) is 4.98 Å². The van der Waals surface area contributed by atoms with Crippen LogP contribution in [0.4, 0.5) is 14.9 Å². The maximum absolute atomic E-state index is 14.8. The van der Waals surface area contributed by atoms with Gasteiger partial charge in [-0.05, 0) is 32.0 Å². The molecule has 148 valence electrons. The van der Waals surface area contributed by atoms with E-state index in [1.165, 1.54) is 6.07 Å². The van der Waals surface area contributed by atoms with Gasteiger partial charge in [0, 0.05) is 11.3 Å². The van der Waals surface area contributed by atoms with Gasteiger partial charge in [0.05, 0.1) is 24.5 Å². The van der Waals surface area contributed by atoms with E-state index in [1.807, 2.05) is 30.9 Å². The van der Waals surface area contributed by atoms with Crippen molar-refractivity contribution in [2.24, 2.45) is 16.5 Å². The number of ether oxygens (including phenoxy) is 2. The SMILES string of the molecule is Cc1ccc(OC2CN(c3cccc(COC(=O)N=C(N)N)c3F)C2)c(C)n1. The molecule has 3 rings (SSSR count). The molecule has 1 aliphatic heterocycles. The molecule has 0 spiro atoms. The number of hydrogen-bond acceptors (Lipinski definition) is 5. The monoisotopic (exact) mass is 387 g/mol. The molecule has 1 aromatic heterocycles. The number of carbonyl (C=O) groups is 1. The van der Waals surface area contributed by atoms with E-state index in [1.54, 1.807) is 12.1 Å². The highest BCUT2D eigenvalue weighted by molar-refractivity contribution is 5.87. The second-order valence-corrected chi connectivity index (χ2v) is 6.52. The van der Waals surface area contributed by atoms with Crippen molar-refractivity contribution in [2.75, 3.05) is 18.0 Å². The zero-order valence-electron chi connectivity index (χ0n) is 15.7. The molecule has 1 aliphatic rings. The Bertz CT molecular complexity index is 908. The molecule has 0 aliphatic carbocycles. The predicted molar refractivity (Wildman–Crippen MR) is 103 cm³/mol. The molecule has 2 heterocycles. The maximum Gasteiger partial charge on any atom is 0.437 e. The second kappa shape index (κ2) is 8.12. The summed E-state index contributed by atoms with van der Waals surface area (Å²) >= 11 is 0. The van der Waals surface area contributed by atoms with Gasteiger partial charge in [-0.1, -0.05) is 12.1 Å². The third-order valence-corrected chi connectivity index (χ3v) is 4.29. The van der Waals surface area contributed by atoms with Crippen LogP contribution in [-0.2, 0) is 11.3 Å². The van der Waals surface area contributed by atoms with Crippen molar-refractivity contribution >= 4 is 17.7 Å². The summed E-state index contributed by atoms with van der Waals surface area (Å²) in [6, 6.07) is 8.70. The van der Waals surface area contributed by atoms with Crippen molar-refractivity contribution < 1.29 is 18.7 Å². The van der Waals surface area contributed by atoms with Gasteiger partial charge in [-0.15, -0.1) is 4.99 Å². The number of pyridine rings is 1. The summed E-state index contributed by atoms with van der Waals surface area (Å²) in [6.07, 6.45) is -1.02. The Balaban J connectivity index is 1.60. The molecular formula is C19H22FN5O3. The van der Waals surface area contributed by atoms with Gasteiger partial charge in [0.25, 0.3) is 0 Å². The molecule has 1 fully saturated rings. The van der Waals surface area contributed by atoms with Crippen LogP contribution in [0.1, 0.15) is 17.0 Å². The third kappa shape index (κ3) is 4.48. The van der Waals surface area contributed by atoms with Gasteiger partial charge in [-0.25, -0.2) is 9.18 Å². The molecular weight excluding hydrogens is 365 g/mol. The standard InChI is InChI=1S/C19H22FN5O3/c1-11-6-7-16(12(2)23-11)28-14-8-25(9-14)15-5-3-4-13(17(15)20)10-27-19(26)24-18(21)22/h3-7,14H,8-10H2,1-2H3,(H4,21,22,24,26). The number of benzene rings is 1. The van der Waals surface area contributed by atoms with Gasteiger partial charge in [0.2, 0.25) is 0 Å². The summed E-state index contributed by atoms with van der Waals surface area (Å²) in [7, 11) is 0. The van der Waals surface area contributed by atoms with Crippen LogP contribution in [0.2, 0.25) is 0 Å². The number of aromatic nitrogens is 1. The van der Waals surface area contributed by atoms with Crippen molar-refractivity contribution in [1.29, 1.82) is 0 Å². The molecule has 2 aromatic rings. The first-order valence-corrected chi connectivity index (χ1v) is 8.73. The van der Waals surface area contributed by atoms with Crippen LogP contribution in [0, 0.1) is 19.7 Å². The first-order chi connectivity index (χ1) is 13.3. The summed E-state index contributed by atoms with van der Waals surface area (Å²) in [4.78, 5) is 20.8. The Morgan fingerprint density at radius 3 is 2.71 bits per heavy atom. The fourth-order valence-corrected chi connectivity index (χ4v) is 2.89. The predicted octanol–water partition coefficient (Wildman–Crippen LogP) is 2.02. The highest BCUT2D eigenvalue weighted by Gasteiger charge is 2.31. The largest absolute Gasteiger partial charge is 0.485 e. The van der Waals surface area contributed by atoms with Crippen LogP contribution in [0.5, 0.6) is 5.75 Å². The Morgan fingerprint density at radius 2 is 2.04 bits per heavy atom. The fourth-order valence-electron chi connectivity index (χ4n) is 2.89. The minimum atomic E-state index is -0.968. The quantitative estimate of drug-likeness (QED) is 0.595. The minimum absolute atomic E-state index is 0.0500. The van der Waals surface area contributed by atoms with Crippen LogP contribution in [0.3, 0.4) is 0 Å². The van der Waals surface area contributed by atoms with E-state index < -0.39 is 17.9 Å². The number of nitrogens with zero attached hydrogens (tertiary/aromatic N) is 3. The Morgan fingerprint density at radius 1 is 1.29 bits per heavy atom. The maximum atomic E-state index is 14.8. The molecule has 0 saturated carbocycles. The van der Waals surface area contributed by atoms with E-state index in [2.05, 4.69) is 9.98 Å². The van der Waals surface area contributed by atoms with Gasteiger partial charge in [0.1, 0.15) is 18.5 Å². The normalized spacial score (nSPS) is 13.6. The molecule has 28 heavy (non-hydrogen) atoms. The zero-order chi connectivity index (χ0) is 20.3. The molecule has 0 radical (unpaired) electrons. The van der Waals surface area contributed by atoms with Crippen molar-refractivity contribution in [3.05, 3.63) is 53.1 Å². The topological polar surface area (TPSA) is 116 Å². The van der Waals surface area contributed by atoms with E-state index >= 15 is 0 Å². The van der Waals surface area contributed by atoms with Gasteiger partial charge < -0.3 is 25.8 Å². The summed E-state index contributed by atoms with van der Waals surface area (Å²) < 4.78 is 25.5. The number of rotatable bonds is 5. The molecule has 0 bridgehead atoms. The number of amides is 1. The van der Waals surface area contributed by atoms with Crippen LogP contribution in [0.15, 0.2) is 35.3 Å². The zero-order valence-corrected chi connectivity index (χ0v) is 15.7. The molecule has 0 unspecified atom stereocenters. The molecule has 0 atom stereocenters. The van der Waals surface area contributed by atoms with Crippen molar-refractivity contribution in [3.8, 4) is 5.75 Å². The van der Waals surface area contributed by atoms with Gasteiger partial charge in [-0.2, -0.15) is 0 Å². The minimum Gasteiger partial charge on any atom is -0.485 e. The van der Waals surface area contributed by atoms with E-state index in [0.29, 0.717) is 18.8 Å². The lowest BCUT2D eigenvalue weighted by Crippen LogP contribution is -2.54. The van der Waals surface area contributed by atoms with Crippen molar-refractivity contribution in [3.63, 3.8) is 0 Å². The van der Waals surface area contributed by atoms with Gasteiger partial charge >= 0.3 is 6.09 Å². The van der Waals surface area contributed by atoms with E-state index in [4.69, 9.17) is 20.9 Å². The summed E-state index contributed by atoms with van der Waals surface area (Å²) in [6.45, 7) is 4.64. The summed E-state index contributed by atoms with van der Waals surface area (Å²) in [5, 5.41) is 0. The number of carbonyl (C=O) groups excluding carboxylic acids is 1. The first-order valence-electron chi connectivity index (χ1n) is 8.73. The molecule has 9 heteroatoms. The third-order valence-electron chi connectivity index (χ3n) is 4.29. The Hall–Kier alpha value is -3.36. The van der Waals surface area contributed by atoms with Crippen LogP contribution >= 0.6 is 0 Å². The van der Waals surface area contributed by atoms with Crippen LogP contribution in [-0.4, -0.2) is 36.2 Å². The number of nitrogens with two attached hydrogens (primary N) is 2. The second-order valence-electron chi connectivity index (χ2n) is 6.52. The van der Waals surface area contributed by atoms with Crippen LogP contribution < -0.4 is 21.1 Å². The van der Waals surface area contributed by atoms with E-state index in [-0.39, 0.29) is 18.3 Å². The lowest BCUT2D eigenvalue weighted by Gasteiger charge is -2.41. The highest BCUT2D eigenvalue weighted by atomic mass is 19.1. The summed E-state index contributed by atoms with van der Waals surface area (Å²) in [5.74, 6) is -0.132. The van der Waals surface area contributed by atoms with Crippen molar-refractivity contribution in [1.82, 2.24) is 4.98 Å². The van der Waals surface area contributed by atoms with Gasteiger partial charge in [0.15, 0.2) is 11.8 Å². The van der Waals surface area contributed by atoms with Crippen LogP contribution in [0.25, 0.3) is 0 Å². The lowest BCUT2D eigenvalue weighted by molar-refractivity contribution is 0.149. The molecule has 8 nitrogen and oxygen atoms in total. The average molecular weight is 387 g/mol. The van der Waals surface area contributed by atoms with E-state index in [0.717, 1.165) is 17.1 Å². The number of aliphatic imine (C=N–C) groups is 1. The lowest BCUT2D eigenvalue weighted by atomic mass is 10.1. The molecule has 1 aromatic carbocycles. The number of hydrogen-bond donors (Lipinski definition) is 2. The summed E-state index contributed by atoms with van der Waals surface area (Å²) in [5.41, 5.74) is 12.6. The Labute approximate surface area is 162 Å². The highest BCUT2D eigenvalue weighted by Crippen LogP contribution is 2.29. The van der Waals surface area contributed by atoms with E-state index in [9.17, 15) is 9.18 Å². The fraction of sp³-hybridized carbons (Fsp3) is 0.316. The number of halogens is 1. The van der Waals surface area contributed by atoms with Crippen molar-refractivity contribution in [2.45, 2.75) is 26.6 Å².